The average molecular weight is 297 g/mol. The minimum absolute atomic E-state index is 0.0414. The van der Waals surface area contributed by atoms with Gasteiger partial charge in [0, 0.05) is 6.54 Å². The second kappa shape index (κ2) is 5.66. The summed E-state index contributed by atoms with van der Waals surface area (Å²) in [7, 11) is -3.73. The number of nitrogens with one attached hydrogen (secondary N) is 2. The summed E-state index contributed by atoms with van der Waals surface area (Å²) in [4.78, 5) is -0.145. The second-order valence-corrected chi connectivity index (χ2v) is 5.49. The van der Waals surface area contributed by atoms with E-state index in [1.807, 2.05) is 0 Å². The van der Waals surface area contributed by atoms with Crippen LogP contribution in [0.25, 0.3) is 0 Å². The summed E-state index contributed by atoms with van der Waals surface area (Å²) in [6.07, 6.45) is -4.41. The van der Waals surface area contributed by atoms with E-state index in [1.165, 1.54) is 12.1 Å². The van der Waals surface area contributed by atoms with Gasteiger partial charge in [0.1, 0.15) is 6.54 Å². The zero-order chi connectivity index (χ0) is 14.7. The molecule has 5 nitrogen and oxygen atoms in total. The van der Waals surface area contributed by atoms with Crippen molar-refractivity contribution in [1.29, 1.82) is 0 Å². The molecule has 108 valence electrons. The van der Waals surface area contributed by atoms with Crippen LogP contribution in [-0.4, -0.2) is 27.7 Å². The van der Waals surface area contributed by atoms with Crippen LogP contribution in [0.1, 0.15) is 6.92 Å². The molecule has 9 heteroatoms. The summed E-state index contributed by atoms with van der Waals surface area (Å²) in [5.41, 5.74) is 5.46. The molecule has 0 amide bonds. The molecule has 0 bridgehead atoms. The topological polar surface area (TPSA) is 84.2 Å². The van der Waals surface area contributed by atoms with E-state index < -0.39 is 22.7 Å². The summed E-state index contributed by atoms with van der Waals surface area (Å²) >= 11 is 0. The van der Waals surface area contributed by atoms with Gasteiger partial charge < -0.3 is 11.1 Å². The van der Waals surface area contributed by atoms with Crippen molar-refractivity contribution >= 4 is 21.4 Å². The Bertz CT molecular complexity index is 543. The first kappa shape index (κ1) is 15.6. The number of halogens is 3. The molecule has 1 aromatic carbocycles. The van der Waals surface area contributed by atoms with Crippen LogP contribution < -0.4 is 15.8 Å². The first-order valence-electron chi connectivity index (χ1n) is 5.35. The Morgan fingerprint density at radius 1 is 1.32 bits per heavy atom. The van der Waals surface area contributed by atoms with Crippen LogP contribution >= 0.6 is 0 Å². The molecule has 0 saturated carbocycles. The Labute approximate surface area is 109 Å². The summed E-state index contributed by atoms with van der Waals surface area (Å²) < 4.78 is 61.9. The molecule has 4 N–H and O–H groups in total. The highest BCUT2D eigenvalue weighted by atomic mass is 32.2. The van der Waals surface area contributed by atoms with Gasteiger partial charge in [-0.15, -0.1) is 0 Å². The Hall–Kier alpha value is -1.48. The summed E-state index contributed by atoms with van der Waals surface area (Å²) in [5.74, 6) is 0. The molecule has 0 fully saturated rings. The molecule has 0 aromatic heterocycles. The van der Waals surface area contributed by atoms with Crippen molar-refractivity contribution in [3.05, 3.63) is 18.2 Å². The molecule has 0 aliphatic heterocycles. The number of sulfonamides is 1. The van der Waals surface area contributed by atoms with Crippen LogP contribution in [0.3, 0.4) is 0 Å². The highest BCUT2D eigenvalue weighted by molar-refractivity contribution is 7.89. The normalized spacial score (nSPS) is 12.4. The highest BCUT2D eigenvalue weighted by Crippen LogP contribution is 2.24. The van der Waals surface area contributed by atoms with E-state index in [1.54, 1.807) is 6.92 Å². The highest BCUT2D eigenvalue weighted by Gasteiger charge is 2.27. The molecule has 19 heavy (non-hydrogen) atoms. The van der Waals surface area contributed by atoms with Gasteiger partial charge in [0.05, 0.1) is 16.3 Å². The molecule has 0 atom stereocenters. The number of nitrogens with two attached hydrogens (primary N) is 1. The van der Waals surface area contributed by atoms with Crippen LogP contribution in [0.4, 0.5) is 24.5 Å². The van der Waals surface area contributed by atoms with Gasteiger partial charge in [0.25, 0.3) is 0 Å². The third-order valence-corrected chi connectivity index (χ3v) is 3.69. The molecule has 0 aliphatic carbocycles. The fraction of sp³-hybridized carbons (Fsp3) is 0.400. The summed E-state index contributed by atoms with van der Waals surface area (Å²) in [5, 5.41) is 2.07. The maximum absolute atomic E-state index is 12.1. The lowest BCUT2D eigenvalue weighted by Gasteiger charge is -2.13. The van der Waals surface area contributed by atoms with Crippen LogP contribution in [0.2, 0.25) is 0 Å². The van der Waals surface area contributed by atoms with Crippen molar-refractivity contribution in [2.24, 2.45) is 0 Å². The molecule has 0 aliphatic rings. The predicted octanol–water partition coefficient (Wildman–Crippen LogP) is 1.54. The van der Waals surface area contributed by atoms with E-state index >= 15 is 0 Å². The smallest absolute Gasteiger partial charge is 0.397 e. The van der Waals surface area contributed by atoms with Gasteiger partial charge in [0.15, 0.2) is 0 Å². The molecular weight excluding hydrogens is 283 g/mol. The van der Waals surface area contributed by atoms with Crippen molar-refractivity contribution in [3.63, 3.8) is 0 Å². The van der Waals surface area contributed by atoms with Crippen LogP contribution in [0.15, 0.2) is 23.1 Å². The lowest BCUT2D eigenvalue weighted by molar-refractivity contribution is -0.115. The Kier molecular flexibility index (Phi) is 4.64. The molecule has 1 rings (SSSR count). The van der Waals surface area contributed by atoms with Crippen molar-refractivity contribution in [1.82, 2.24) is 4.72 Å². The first-order valence-corrected chi connectivity index (χ1v) is 6.84. The van der Waals surface area contributed by atoms with Crippen LogP contribution in [-0.2, 0) is 10.0 Å². The van der Waals surface area contributed by atoms with Gasteiger partial charge in [-0.05, 0) is 18.2 Å². The third kappa shape index (κ3) is 4.60. The standard InChI is InChI=1S/C10H14F3N3O2S/c1-2-16-19(17,18)7-3-4-8(14)9(5-7)15-6-10(11,12)13/h3-5,15-16H,2,6,14H2,1H3. The molecule has 0 saturated heterocycles. The number of anilines is 2. The SMILES string of the molecule is CCNS(=O)(=O)c1ccc(N)c(NCC(F)(F)F)c1. The number of benzene rings is 1. The number of alkyl halides is 3. The Balaban J connectivity index is 3.01. The van der Waals surface area contributed by atoms with Gasteiger partial charge >= 0.3 is 6.18 Å². The maximum atomic E-state index is 12.1. The monoisotopic (exact) mass is 297 g/mol. The fourth-order valence-electron chi connectivity index (χ4n) is 1.32. The van der Waals surface area contributed by atoms with Crippen LogP contribution in [0.5, 0.6) is 0 Å². The number of hydrogen-bond acceptors (Lipinski definition) is 4. The second-order valence-electron chi connectivity index (χ2n) is 3.72. The number of rotatable bonds is 5. The van der Waals surface area contributed by atoms with E-state index in [-0.39, 0.29) is 22.8 Å². The van der Waals surface area contributed by atoms with Gasteiger partial charge in [0.2, 0.25) is 10.0 Å². The van der Waals surface area contributed by atoms with Crippen molar-refractivity contribution in [2.75, 3.05) is 24.1 Å². The Morgan fingerprint density at radius 3 is 2.47 bits per heavy atom. The number of nitrogen functional groups attached to an aromatic ring is 1. The summed E-state index contributed by atoms with van der Waals surface area (Å²) in [6.45, 7) is 0.484. The first-order chi connectivity index (χ1) is 8.65. The van der Waals surface area contributed by atoms with E-state index in [4.69, 9.17) is 5.73 Å². The molecular formula is C10H14F3N3O2S. The largest absolute Gasteiger partial charge is 0.405 e. The van der Waals surface area contributed by atoms with Gasteiger partial charge in [-0.1, -0.05) is 6.92 Å². The van der Waals surface area contributed by atoms with Crippen LogP contribution in [0, 0.1) is 0 Å². The molecule has 1 aromatic rings. The van der Waals surface area contributed by atoms with E-state index in [2.05, 4.69) is 10.0 Å². The van der Waals surface area contributed by atoms with Crippen molar-refractivity contribution in [3.8, 4) is 0 Å². The fourth-order valence-corrected chi connectivity index (χ4v) is 2.39. The predicted molar refractivity (Wildman–Crippen MR) is 66.3 cm³/mol. The Morgan fingerprint density at radius 2 is 1.95 bits per heavy atom. The molecule has 0 radical (unpaired) electrons. The third-order valence-electron chi connectivity index (χ3n) is 2.15. The molecule has 0 unspecified atom stereocenters. The summed E-state index contributed by atoms with van der Waals surface area (Å²) in [6, 6.07) is 3.54. The van der Waals surface area contributed by atoms with E-state index in [9.17, 15) is 21.6 Å². The van der Waals surface area contributed by atoms with E-state index in [0.29, 0.717) is 0 Å². The van der Waals surface area contributed by atoms with Crippen molar-refractivity contribution < 1.29 is 21.6 Å². The molecule has 0 heterocycles. The zero-order valence-electron chi connectivity index (χ0n) is 10.1. The minimum Gasteiger partial charge on any atom is -0.397 e. The van der Waals surface area contributed by atoms with Gasteiger partial charge in [-0.3, -0.25) is 0 Å². The van der Waals surface area contributed by atoms with Gasteiger partial charge in [-0.2, -0.15) is 13.2 Å². The lowest BCUT2D eigenvalue weighted by atomic mass is 10.2. The zero-order valence-corrected chi connectivity index (χ0v) is 10.9. The number of hydrogen-bond donors (Lipinski definition) is 3. The average Bonchev–Trinajstić information content (AvgIpc) is 2.26. The van der Waals surface area contributed by atoms with Gasteiger partial charge in [-0.25, -0.2) is 13.1 Å². The lowest BCUT2D eigenvalue weighted by Crippen LogP contribution is -2.24. The van der Waals surface area contributed by atoms with Crippen molar-refractivity contribution in [2.45, 2.75) is 18.0 Å². The molecule has 0 spiro atoms. The van der Waals surface area contributed by atoms with E-state index in [0.717, 1.165) is 6.07 Å². The quantitative estimate of drug-likeness (QED) is 0.720. The maximum Gasteiger partial charge on any atom is 0.405 e. The minimum atomic E-state index is -4.41.